The molecule has 0 aliphatic carbocycles. The van der Waals surface area contributed by atoms with E-state index >= 15 is 0 Å². The van der Waals surface area contributed by atoms with Crippen molar-refractivity contribution in [1.82, 2.24) is 5.32 Å². The van der Waals surface area contributed by atoms with Gasteiger partial charge in [-0.25, -0.2) is 0 Å². The molecule has 0 aromatic carbocycles. The maximum atomic E-state index is 11.1. The van der Waals surface area contributed by atoms with Crippen LogP contribution in [0.5, 0.6) is 0 Å². The van der Waals surface area contributed by atoms with Crippen molar-refractivity contribution in [2.24, 2.45) is 11.1 Å². The Morgan fingerprint density at radius 3 is 1.49 bits per heavy atom. The molecule has 0 aromatic rings. The Balaban J connectivity index is -0.000000593. The third kappa shape index (κ3) is 44.7. The van der Waals surface area contributed by atoms with E-state index in [-0.39, 0.29) is 17.2 Å². The first-order valence-corrected chi connectivity index (χ1v) is 15.2. The molecule has 2 amide bonds. The van der Waals surface area contributed by atoms with Gasteiger partial charge in [0.2, 0.25) is 11.8 Å². The number of primary amides is 1. The van der Waals surface area contributed by atoms with Gasteiger partial charge in [-0.1, -0.05) is 105 Å². The van der Waals surface area contributed by atoms with Crippen LogP contribution >= 0.6 is 0 Å². The Hall–Kier alpha value is -1.65. The monoisotopic (exact) mass is 524 g/mol. The SMILES string of the molecule is CCCC(=O)CC(C)(C)C.CCCC(N)=O.CCCCCCCC/C=C\CCCCCCCC(=O)NC. The molecule has 37 heavy (non-hydrogen) atoms. The van der Waals surface area contributed by atoms with Gasteiger partial charge in [-0.2, -0.15) is 0 Å². The molecule has 0 bridgehead atoms. The van der Waals surface area contributed by atoms with Crippen molar-refractivity contribution in [2.45, 2.75) is 164 Å². The number of amides is 2. The summed E-state index contributed by atoms with van der Waals surface area (Å²) in [6, 6.07) is 0. The third-order valence-electron chi connectivity index (χ3n) is 5.70. The topological polar surface area (TPSA) is 89.3 Å². The Morgan fingerprint density at radius 1 is 0.649 bits per heavy atom. The van der Waals surface area contributed by atoms with Gasteiger partial charge in [0.15, 0.2) is 0 Å². The van der Waals surface area contributed by atoms with Crippen molar-refractivity contribution in [3.05, 3.63) is 12.2 Å². The summed E-state index contributed by atoms with van der Waals surface area (Å²) in [5, 5.41) is 2.67. The van der Waals surface area contributed by atoms with Crippen LogP contribution in [-0.4, -0.2) is 24.6 Å². The molecule has 0 unspecified atom stereocenters. The zero-order valence-corrected chi connectivity index (χ0v) is 25.9. The summed E-state index contributed by atoms with van der Waals surface area (Å²) >= 11 is 0. The molecular weight excluding hydrogens is 460 g/mol. The molecular formula is C32H64N2O3. The highest BCUT2D eigenvalue weighted by Crippen LogP contribution is 2.19. The fourth-order valence-corrected chi connectivity index (χ4v) is 3.69. The maximum absolute atomic E-state index is 11.1. The Bertz CT molecular complexity index is 551. The lowest BCUT2D eigenvalue weighted by Gasteiger charge is -2.16. The average Bonchev–Trinajstić information content (AvgIpc) is 2.81. The summed E-state index contributed by atoms with van der Waals surface area (Å²) in [4.78, 5) is 31.9. The minimum Gasteiger partial charge on any atom is -0.370 e. The van der Waals surface area contributed by atoms with Gasteiger partial charge in [0, 0.05) is 32.7 Å². The summed E-state index contributed by atoms with van der Waals surface area (Å²) in [6.45, 7) is 12.5. The zero-order chi connectivity index (χ0) is 28.8. The number of allylic oxidation sites excluding steroid dienone is 2. The van der Waals surface area contributed by atoms with Gasteiger partial charge in [-0.05, 0) is 50.4 Å². The Labute approximate surface area is 231 Å². The number of carbonyl (C=O) groups excluding carboxylic acids is 3. The first-order valence-electron chi connectivity index (χ1n) is 15.2. The standard InChI is InChI=1S/C19H37NO.C9H18O.C4H9NO/c1-3-4-5-6-7-8-9-10-11-12-13-14-15-16-17-18-19(21)20-2;1-5-6-8(10)7-9(2,3)4;1-2-3-4(5)6/h10-11H,3-9,12-18H2,1-2H3,(H,20,21);5-7H2,1-4H3;2-3H2,1H3,(H2,5,6)/b11-10-;;. The molecule has 0 fully saturated rings. The predicted molar refractivity (Wildman–Crippen MR) is 162 cm³/mol. The van der Waals surface area contributed by atoms with Gasteiger partial charge in [0.05, 0.1) is 0 Å². The van der Waals surface area contributed by atoms with E-state index in [2.05, 4.69) is 45.2 Å². The van der Waals surface area contributed by atoms with E-state index < -0.39 is 0 Å². The van der Waals surface area contributed by atoms with E-state index in [1.807, 2.05) is 13.8 Å². The molecule has 220 valence electrons. The molecule has 0 heterocycles. The van der Waals surface area contributed by atoms with Crippen LogP contribution in [0.3, 0.4) is 0 Å². The summed E-state index contributed by atoms with van der Waals surface area (Å²) in [6.07, 6.45) is 26.1. The van der Waals surface area contributed by atoms with E-state index in [1.165, 1.54) is 77.0 Å². The molecule has 0 aliphatic heterocycles. The van der Waals surface area contributed by atoms with Crippen LogP contribution in [0.15, 0.2) is 12.2 Å². The lowest BCUT2D eigenvalue weighted by Crippen LogP contribution is -2.16. The minimum atomic E-state index is -0.211. The number of nitrogens with one attached hydrogen (secondary N) is 1. The highest BCUT2D eigenvalue weighted by molar-refractivity contribution is 5.78. The molecule has 0 aromatic heterocycles. The van der Waals surface area contributed by atoms with Crippen molar-refractivity contribution in [3.8, 4) is 0 Å². The molecule has 0 rings (SSSR count). The van der Waals surface area contributed by atoms with Crippen molar-refractivity contribution in [3.63, 3.8) is 0 Å². The van der Waals surface area contributed by atoms with Crippen LogP contribution in [0.1, 0.15) is 164 Å². The van der Waals surface area contributed by atoms with Crippen molar-refractivity contribution in [2.75, 3.05) is 7.05 Å². The second kappa shape index (κ2) is 30.6. The van der Waals surface area contributed by atoms with Crippen LogP contribution < -0.4 is 11.1 Å². The fraction of sp³-hybridized carbons (Fsp3) is 0.844. The zero-order valence-electron chi connectivity index (χ0n) is 25.9. The van der Waals surface area contributed by atoms with E-state index in [1.54, 1.807) is 7.05 Å². The summed E-state index contributed by atoms with van der Waals surface area (Å²) in [7, 11) is 1.71. The molecule has 0 aliphatic rings. The number of nitrogens with two attached hydrogens (primary N) is 1. The van der Waals surface area contributed by atoms with Gasteiger partial charge in [-0.3, -0.25) is 14.4 Å². The van der Waals surface area contributed by atoms with Crippen molar-refractivity contribution in [1.29, 1.82) is 0 Å². The van der Waals surface area contributed by atoms with Crippen molar-refractivity contribution < 1.29 is 14.4 Å². The van der Waals surface area contributed by atoms with Crippen molar-refractivity contribution >= 4 is 17.6 Å². The minimum absolute atomic E-state index is 0.173. The molecule has 5 heteroatoms. The van der Waals surface area contributed by atoms with Gasteiger partial charge in [-0.15, -0.1) is 0 Å². The molecule has 0 atom stereocenters. The number of hydrogen-bond acceptors (Lipinski definition) is 3. The number of unbranched alkanes of at least 4 members (excludes halogenated alkanes) is 11. The van der Waals surface area contributed by atoms with Gasteiger partial charge < -0.3 is 11.1 Å². The molecule has 5 nitrogen and oxygen atoms in total. The smallest absolute Gasteiger partial charge is 0.219 e. The van der Waals surface area contributed by atoms with Gasteiger partial charge in [0.25, 0.3) is 0 Å². The van der Waals surface area contributed by atoms with Crippen LogP contribution in [0, 0.1) is 5.41 Å². The number of Topliss-reactive ketones (excluding diaryl/α,β-unsaturated/α-hetero) is 1. The van der Waals surface area contributed by atoms with Gasteiger partial charge in [0.1, 0.15) is 5.78 Å². The maximum Gasteiger partial charge on any atom is 0.219 e. The molecule has 0 spiro atoms. The average molecular weight is 525 g/mol. The highest BCUT2D eigenvalue weighted by Gasteiger charge is 2.14. The third-order valence-corrected chi connectivity index (χ3v) is 5.70. The van der Waals surface area contributed by atoms with E-state index in [0.717, 1.165) is 32.1 Å². The summed E-state index contributed by atoms with van der Waals surface area (Å²) in [5.74, 6) is 0.361. The Morgan fingerprint density at radius 2 is 1.11 bits per heavy atom. The predicted octanol–water partition coefficient (Wildman–Crippen LogP) is 8.83. The number of ketones is 1. The first kappa shape index (κ1) is 39.9. The largest absolute Gasteiger partial charge is 0.370 e. The number of rotatable bonds is 20. The quantitative estimate of drug-likeness (QED) is 0.123. The lowest BCUT2D eigenvalue weighted by atomic mass is 9.89. The van der Waals surface area contributed by atoms with E-state index in [4.69, 9.17) is 5.73 Å². The second-order valence-electron chi connectivity index (χ2n) is 11.2. The normalized spacial score (nSPS) is 10.8. The lowest BCUT2D eigenvalue weighted by molar-refractivity contribution is -0.121. The van der Waals surface area contributed by atoms with Crippen LogP contribution in [0.4, 0.5) is 0 Å². The van der Waals surface area contributed by atoms with Crippen LogP contribution in [-0.2, 0) is 14.4 Å². The number of carbonyl (C=O) groups is 3. The van der Waals surface area contributed by atoms with E-state index in [0.29, 0.717) is 18.6 Å². The molecule has 0 radical (unpaired) electrons. The fourth-order valence-electron chi connectivity index (χ4n) is 3.69. The van der Waals surface area contributed by atoms with E-state index in [9.17, 15) is 14.4 Å². The molecule has 0 saturated carbocycles. The van der Waals surface area contributed by atoms with Crippen LogP contribution in [0.25, 0.3) is 0 Å². The second-order valence-corrected chi connectivity index (χ2v) is 11.2. The first-order chi connectivity index (χ1) is 17.5. The van der Waals surface area contributed by atoms with Gasteiger partial charge >= 0.3 is 0 Å². The number of hydrogen-bond donors (Lipinski definition) is 2. The molecule has 3 N–H and O–H groups in total. The van der Waals surface area contributed by atoms with Crippen LogP contribution in [0.2, 0.25) is 0 Å². The Kier molecular flexibility index (Phi) is 32.9. The highest BCUT2D eigenvalue weighted by atomic mass is 16.2. The molecule has 0 saturated heterocycles. The summed E-state index contributed by atoms with van der Waals surface area (Å²) in [5.41, 5.74) is 4.94. The summed E-state index contributed by atoms with van der Waals surface area (Å²) < 4.78 is 0.